The number of non-ortho nitro benzene ring substituents is 1. The summed E-state index contributed by atoms with van der Waals surface area (Å²) in [4.78, 5) is 33.8. The maximum atomic E-state index is 13.3. The summed E-state index contributed by atoms with van der Waals surface area (Å²) in [6, 6.07) is 18.5. The first-order valence-electron chi connectivity index (χ1n) is 14.9. The van der Waals surface area contributed by atoms with Crippen LogP contribution >= 0.6 is 0 Å². The van der Waals surface area contributed by atoms with E-state index in [1.807, 2.05) is 53.6 Å². The topological polar surface area (TPSA) is 102 Å². The van der Waals surface area contributed by atoms with E-state index in [0.29, 0.717) is 19.6 Å². The average molecular weight is 584 g/mol. The second kappa shape index (κ2) is 12.5. The molecule has 1 saturated heterocycles. The number of piperazine rings is 1. The first-order chi connectivity index (χ1) is 20.9. The number of pyridine rings is 1. The lowest BCUT2D eigenvalue weighted by atomic mass is 9.86. The second-order valence-electron chi connectivity index (χ2n) is 11.4. The number of nitrogens with zero attached hydrogens (tertiary/aromatic N) is 5. The van der Waals surface area contributed by atoms with Gasteiger partial charge in [0.2, 0.25) is 5.91 Å². The third kappa shape index (κ3) is 6.11. The molecular formula is C33H37N5O5. The van der Waals surface area contributed by atoms with Gasteiger partial charge in [-0.25, -0.2) is 4.98 Å². The molecule has 10 heteroatoms. The molecule has 1 aliphatic heterocycles. The lowest BCUT2D eigenvalue weighted by Crippen LogP contribution is -2.50. The zero-order chi connectivity index (χ0) is 29.9. The van der Waals surface area contributed by atoms with E-state index in [4.69, 9.17) is 14.5 Å². The Hall–Kier alpha value is -4.28. The van der Waals surface area contributed by atoms with Crippen LogP contribution in [0.25, 0.3) is 28.0 Å². The molecule has 2 aliphatic rings. The summed E-state index contributed by atoms with van der Waals surface area (Å²) in [6.45, 7) is 3.58. The van der Waals surface area contributed by atoms with Crippen LogP contribution in [-0.4, -0.2) is 76.5 Å². The SMILES string of the molecule is COc1ccc(-c2nc3ccc(-c4cccc([N+](=O)[O-])c4)cn3c2CN2CCN(C(=O)[C@@H]3CCC[C@H](OC)C3)CC2)cc1. The predicted molar refractivity (Wildman–Crippen MR) is 164 cm³/mol. The van der Waals surface area contributed by atoms with Gasteiger partial charge in [0.25, 0.3) is 5.69 Å². The van der Waals surface area contributed by atoms with Gasteiger partial charge in [-0.05, 0) is 66.8 Å². The van der Waals surface area contributed by atoms with E-state index in [-0.39, 0.29) is 28.5 Å². The normalized spacial score (nSPS) is 19.4. The summed E-state index contributed by atoms with van der Waals surface area (Å²) in [5.41, 5.74) is 5.39. The molecular weight excluding hydrogens is 546 g/mol. The molecule has 0 N–H and O–H groups in total. The molecule has 2 fully saturated rings. The van der Waals surface area contributed by atoms with Gasteiger partial charge < -0.3 is 18.8 Å². The molecule has 224 valence electrons. The number of rotatable bonds is 8. The standard InChI is InChI=1S/C33H37N5O5/c1-42-28-12-9-23(10-13-28)32-30(22-35-15-17-36(18-16-35)33(39)25-6-4-8-29(20-25)43-2)37-21-26(11-14-31(37)34-32)24-5-3-7-27(19-24)38(40)41/h3,5,7,9-14,19,21,25,29H,4,6,8,15-18,20,22H2,1-2H3/t25-,29+/m1/s1. The summed E-state index contributed by atoms with van der Waals surface area (Å²) in [6.07, 6.45) is 6.03. The van der Waals surface area contributed by atoms with Crippen molar-refractivity contribution in [1.82, 2.24) is 19.2 Å². The molecule has 3 heterocycles. The van der Waals surface area contributed by atoms with Crippen LogP contribution in [0.2, 0.25) is 0 Å². The number of imidazole rings is 1. The number of carbonyl (C=O) groups is 1. The minimum Gasteiger partial charge on any atom is -0.497 e. The van der Waals surface area contributed by atoms with Crippen LogP contribution in [0.4, 0.5) is 5.69 Å². The van der Waals surface area contributed by atoms with Crippen molar-refractivity contribution in [3.8, 4) is 28.1 Å². The molecule has 10 nitrogen and oxygen atoms in total. The maximum Gasteiger partial charge on any atom is 0.270 e. The molecule has 0 unspecified atom stereocenters. The van der Waals surface area contributed by atoms with Crippen molar-refractivity contribution < 1.29 is 19.2 Å². The quantitative estimate of drug-likeness (QED) is 0.201. The molecule has 0 bridgehead atoms. The summed E-state index contributed by atoms with van der Waals surface area (Å²) >= 11 is 0. The zero-order valence-corrected chi connectivity index (χ0v) is 24.6. The van der Waals surface area contributed by atoms with Gasteiger partial charge in [-0.2, -0.15) is 0 Å². The Bertz CT molecular complexity index is 1610. The molecule has 4 aromatic rings. The van der Waals surface area contributed by atoms with Crippen LogP contribution in [0.3, 0.4) is 0 Å². The number of hydrogen-bond acceptors (Lipinski definition) is 7. The minimum atomic E-state index is -0.374. The number of benzene rings is 2. The number of carbonyl (C=O) groups excluding carboxylic acids is 1. The largest absolute Gasteiger partial charge is 0.497 e. The first-order valence-corrected chi connectivity index (χ1v) is 14.9. The van der Waals surface area contributed by atoms with Crippen molar-refractivity contribution in [3.63, 3.8) is 0 Å². The number of nitro groups is 1. The lowest BCUT2D eigenvalue weighted by molar-refractivity contribution is -0.384. The summed E-state index contributed by atoms with van der Waals surface area (Å²) in [5, 5.41) is 11.4. The van der Waals surface area contributed by atoms with Crippen LogP contribution < -0.4 is 4.74 Å². The zero-order valence-electron chi connectivity index (χ0n) is 24.6. The molecule has 43 heavy (non-hydrogen) atoms. The number of nitro benzene ring substituents is 1. The Morgan fingerprint density at radius 2 is 1.74 bits per heavy atom. The van der Waals surface area contributed by atoms with E-state index >= 15 is 0 Å². The van der Waals surface area contributed by atoms with Crippen molar-refractivity contribution in [2.45, 2.75) is 38.3 Å². The number of fused-ring (bicyclic) bond motifs is 1. The van der Waals surface area contributed by atoms with Gasteiger partial charge in [-0.1, -0.05) is 18.6 Å². The van der Waals surface area contributed by atoms with Gasteiger partial charge in [-0.3, -0.25) is 19.8 Å². The molecule has 1 aliphatic carbocycles. The van der Waals surface area contributed by atoms with Gasteiger partial charge in [0.1, 0.15) is 11.4 Å². The molecule has 1 saturated carbocycles. The third-order valence-corrected chi connectivity index (χ3v) is 8.84. The Labute approximate surface area is 251 Å². The van der Waals surface area contributed by atoms with Gasteiger partial charge >= 0.3 is 0 Å². The average Bonchev–Trinajstić information content (AvgIpc) is 3.42. The van der Waals surface area contributed by atoms with Gasteiger partial charge in [0, 0.05) is 69.6 Å². The van der Waals surface area contributed by atoms with Crippen molar-refractivity contribution in [1.29, 1.82) is 0 Å². The van der Waals surface area contributed by atoms with E-state index < -0.39 is 0 Å². The number of aromatic nitrogens is 2. The molecule has 2 atom stereocenters. The number of hydrogen-bond donors (Lipinski definition) is 0. The van der Waals surface area contributed by atoms with Gasteiger partial charge in [0.05, 0.1) is 29.5 Å². The highest BCUT2D eigenvalue weighted by atomic mass is 16.6. The summed E-state index contributed by atoms with van der Waals surface area (Å²) < 4.78 is 13.0. The lowest BCUT2D eigenvalue weighted by Gasteiger charge is -2.38. The highest BCUT2D eigenvalue weighted by Crippen LogP contribution is 2.32. The highest BCUT2D eigenvalue weighted by Gasteiger charge is 2.32. The van der Waals surface area contributed by atoms with Crippen molar-refractivity contribution in [2.24, 2.45) is 5.92 Å². The van der Waals surface area contributed by atoms with E-state index in [1.165, 1.54) is 6.07 Å². The Morgan fingerprint density at radius 1 is 0.977 bits per heavy atom. The van der Waals surface area contributed by atoms with Crippen molar-refractivity contribution in [3.05, 3.63) is 82.7 Å². The molecule has 0 spiro atoms. The van der Waals surface area contributed by atoms with Crippen molar-refractivity contribution in [2.75, 3.05) is 40.4 Å². The minimum absolute atomic E-state index is 0.0536. The maximum absolute atomic E-state index is 13.3. The van der Waals surface area contributed by atoms with Gasteiger partial charge in [0.15, 0.2) is 0 Å². The molecule has 0 radical (unpaired) electrons. The van der Waals surface area contributed by atoms with Crippen LogP contribution in [0, 0.1) is 16.0 Å². The molecule has 6 rings (SSSR count). The fourth-order valence-electron chi connectivity index (χ4n) is 6.37. The van der Waals surface area contributed by atoms with Gasteiger partial charge in [-0.15, -0.1) is 0 Å². The Kier molecular flexibility index (Phi) is 8.40. The summed E-state index contributed by atoms with van der Waals surface area (Å²) in [5.74, 6) is 1.09. The van der Waals surface area contributed by atoms with E-state index in [0.717, 1.165) is 78.2 Å². The van der Waals surface area contributed by atoms with Crippen LogP contribution in [0.5, 0.6) is 5.75 Å². The number of amides is 1. The second-order valence-corrected chi connectivity index (χ2v) is 11.4. The smallest absolute Gasteiger partial charge is 0.270 e. The Morgan fingerprint density at radius 3 is 2.47 bits per heavy atom. The fourth-order valence-corrected chi connectivity index (χ4v) is 6.37. The van der Waals surface area contributed by atoms with Crippen LogP contribution in [-0.2, 0) is 16.1 Å². The fraction of sp³-hybridized carbons (Fsp3) is 0.394. The molecule has 2 aromatic heterocycles. The first kappa shape index (κ1) is 28.8. The van der Waals surface area contributed by atoms with Crippen molar-refractivity contribution >= 4 is 17.2 Å². The van der Waals surface area contributed by atoms with Crippen LogP contribution in [0.15, 0.2) is 66.9 Å². The summed E-state index contributed by atoms with van der Waals surface area (Å²) in [7, 11) is 3.39. The Balaban J connectivity index is 1.27. The highest BCUT2D eigenvalue weighted by molar-refractivity contribution is 5.79. The van der Waals surface area contributed by atoms with E-state index in [1.54, 1.807) is 26.4 Å². The van der Waals surface area contributed by atoms with E-state index in [2.05, 4.69) is 9.30 Å². The third-order valence-electron chi connectivity index (χ3n) is 8.84. The molecule has 1 amide bonds. The van der Waals surface area contributed by atoms with E-state index in [9.17, 15) is 14.9 Å². The predicted octanol–water partition coefficient (Wildman–Crippen LogP) is 5.43. The number of methoxy groups -OCH3 is 2. The number of ether oxygens (including phenoxy) is 2. The molecule has 2 aromatic carbocycles. The van der Waals surface area contributed by atoms with Crippen LogP contribution in [0.1, 0.15) is 31.4 Å². The monoisotopic (exact) mass is 583 g/mol.